The molecule has 1 saturated heterocycles. The van der Waals surface area contributed by atoms with Gasteiger partial charge in [-0.3, -0.25) is 9.79 Å². The van der Waals surface area contributed by atoms with E-state index < -0.39 is 0 Å². The number of ether oxygens (including phenoxy) is 1. The van der Waals surface area contributed by atoms with Crippen molar-refractivity contribution in [1.82, 2.24) is 4.90 Å². The minimum absolute atomic E-state index is 0.125. The van der Waals surface area contributed by atoms with Crippen LogP contribution in [0, 0.1) is 0 Å². The summed E-state index contributed by atoms with van der Waals surface area (Å²) in [6.45, 7) is 4.24. The number of carbonyl (C=O) groups is 1. The van der Waals surface area contributed by atoms with Gasteiger partial charge in [0.2, 0.25) is 5.91 Å². The molecule has 3 heterocycles. The number of rotatable bonds is 5. The van der Waals surface area contributed by atoms with Gasteiger partial charge >= 0.3 is 0 Å². The molecular weight excluding hydrogens is 406 g/mol. The van der Waals surface area contributed by atoms with Gasteiger partial charge in [0.15, 0.2) is 0 Å². The number of fused-ring (bicyclic) bond motifs is 3. The second-order valence-corrected chi connectivity index (χ2v) is 9.82. The maximum Gasteiger partial charge on any atom is 0.249 e. The van der Waals surface area contributed by atoms with Crippen LogP contribution in [0.4, 0.5) is 5.00 Å². The third-order valence-corrected chi connectivity index (χ3v) is 8.07. The summed E-state index contributed by atoms with van der Waals surface area (Å²) in [6.07, 6.45) is 8.55. The predicted molar refractivity (Wildman–Crippen MR) is 127 cm³/mol. The first kappa shape index (κ1) is 20.7. The van der Waals surface area contributed by atoms with E-state index in [9.17, 15) is 4.79 Å². The van der Waals surface area contributed by atoms with Crippen molar-refractivity contribution in [1.29, 1.82) is 0 Å². The molecule has 0 atom stereocenters. The Bertz CT molecular complexity index is 973. The zero-order valence-corrected chi connectivity index (χ0v) is 19.2. The standard InChI is InChI=1S/C25H31N3O2S/c1-30-19-11-9-18(10-12-19)24-23-20-7-3-4-8-21(20)31-25(23)28(22(29)17-26-24)16-15-27-13-5-2-6-14-27/h9-12H,2-8,13-17H2,1H3. The topological polar surface area (TPSA) is 45.1 Å². The van der Waals surface area contributed by atoms with Crippen molar-refractivity contribution in [3.8, 4) is 5.75 Å². The number of hydrogen-bond donors (Lipinski definition) is 0. The third kappa shape index (κ3) is 4.15. The largest absolute Gasteiger partial charge is 0.497 e. The van der Waals surface area contributed by atoms with Gasteiger partial charge < -0.3 is 14.5 Å². The van der Waals surface area contributed by atoms with Gasteiger partial charge in [-0.15, -0.1) is 11.3 Å². The first-order valence-corrected chi connectivity index (χ1v) is 12.4. The number of carbonyl (C=O) groups excluding carboxylic acids is 1. The van der Waals surface area contributed by atoms with Crippen LogP contribution in [-0.4, -0.2) is 56.4 Å². The number of nitrogens with zero attached hydrogens (tertiary/aromatic N) is 3. The van der Waals surface area contributed by atoms with E-state index in [1.807, 2.05) is 28.4 Å². The van der Waals surface area contributed by atoms with Crippen LogP contribution in [0.5, 0.6) is 5.75 Å². The fourth-order valence-corrected chi connectivity index (χ4v) is 6.48. The molecule has 6 heteroatoms. The van der Waals surface area contributed by atoms with Gasteiger partial charge in [-0.2, -0.15) is 0 Å². The molecule has 1 fully saturated rings. The number of amides is 1. The van der Waals surface area contributed by atoms with Crippen LogP contribution in [0.25, 0.3) is 0 Å². The Kier molecular flexibility index (Phi) is 6.10. The van der Waals surface area contributed by atoms with Crippen molar-refractivity contribution in [2.75, 3.05) is 44.7 Å². The summed E-state index contributed by atoms with van der Waals surface area (Å²) in [7, 11) is 1.68. The summed E-state index contributed by atoms with van der Waals surface area (Å²) in [5.41, 5.74) is 4.69. The number of piperidine rings is 1. The molecule has 3 aliphatic rings. The summed E-state index contributed by atoms with van der Waals surface area (Å²) in [5, 5.41) is 1.13. The Labute approximate surface area is 188 Å². The highest BCUT2D eigenvalue weighted by molar-refractivity contribution is 7.17. The number of likely N-dealkylation sites (tertiary alicyclic amines) is 1. The maximum absolute atomic E-state index is 13.2. The smallest absolute Gasteiger partial charge is 0.249 e. The molecule has 0 unspecified atom stereocenters. The molecule has 5 rings (SSSR count). The summed E-state index contributed by atoms with van der Waals surface area (Å²) < 4.78 is 5.35. The van der Waals surface area contributed by atoms with Crippen LogP contribution < -0.4 is 9.64 Å². The second-order valence-electron chi connectivity index (χ2n) is 8.73. The zero-order chi connectivity index (χ0) is 21.2. The number of aliphatic imine (C=N–C) groups is 1. The SMILES string of the molecule is COc1ccc(C2=NCC(=O)N(CCN3CCCCC3)c3sc4c(c32)CCCC4)cc1. The Morgan fingerprint density at radius 2 is 1.77 bits per heavy atom. The number of thiophene rings is 1. The Morgan fingerprint density at radius 3 is 2.55 bits per heavy atom. The van der Waals surface area contributed by atoms with Gasteiger partial charge in [0, 0.05) is 29.1 Å². The van der Waals surface area contributed by atoms with E-state index in [0.717, 1.165) is 61.0 Å². The molecule has 0 radical (unpaired) electrons. The number of methoxy groups -OCH3 is 1. The van der Waals surface area contributed by atoms with Crippen LogP contribution in [0.15, 0.2) is 29.3 Å². The van der Waals surface area contributed by atoms with E-state index in [4.69, 9.17) is 9.73 Å². The molecule has 1 aromatic heterocycles. The van der Waals surface area contributed by atoms with Crippen molar-refractivity contribution in [2.24, 2.45) is 4.99 Å². The summed E-state index contributed by atoms with van der Waals surface area (Å²) in [4.78, 5) is 24.1. The number of benzene rings is 1. The van der Waals surface area contributed by atoms with E-state index in [0.29, 0.717) is 0 Å². The highest BCUT2D eigenvalue weighted by atomic mass is 32.1. The lowest BCUT2D eigenvalue weighted by Crippen LogP contribution is -2.41. The molecule has 1 amide bonds. The fourth-order valence-electron chi connectivity index (χ4n) is 5.05. The molecule has 2 aromatic rings. The number of anilines is 1. The molecule has 2 aliphatic heterocycles. The number of hydrogen-bond acceptors (Lipinski definition) is 5. The lowest BCUT2D eigenvalue weighted by atomic mass is 9.91. The predicted octanol–water partition coefficient (Wildman–Crippen LogP) is 4.31. The highest BCUT2D eigenvalue weighted by Crippen LogP contribution is 2.42. The molecule has 31 heavy (non-hydrogen) atoms. The summed E-state index contributed by atoms with van der Waals surface area (Å²) in [6, 6.07) is 8.11. The van der Waals surface area contributed by atoms with E-state index in [2.05, 4.69) is 17.0 Å². The molecule has 0 saturated carbocycles. The minimum Gasteiger partial charge on any atom is -0.497 e. The zero-order valence-electron chi connectivity index (χ0n) is 18.4. The van der Waals surface area contributed by atoms with Crippen LogP contribution in [0.1, 0.15) is 53.7 Å². The van der Waals surface area contributed by atoms with E-state index in [1.165, 1.54) is 48.1 Å². The van der Waals surface area contributed by atoms with Crippen LogP contribution in [0.2, 0.25) is 0 Å². The second kappa shape index (κ2) is 9.13. The molecular formula is C25H31N3O2S. The monoisotopic (exact) mass is 437 g/mol. The van der Waals surface area contributed by atoms with Crippen LogP contribution in [0.3, 0.4) is 0 Å². The van der Waals surface area contributed by atoms with E-state index in [1.54, 1.807) is 7.11 Å². The first-order valence-electron chi connectivity index (χ1n) is 11.6. The van der Waals surface area contributed by atoms with Crippen LogP contribution >= 0.6 is 11.3 Å². The van der Waals surface area contributed by atoms with Crippen molar-refractivity contribution in [3.63, 3.8) is 0 Å². The minimum atomic E-state index is 0.125. The lowest BCUT2D eigenvalue weighted by Gasteiger charge is -2.29. The normalized spacial score (nSPS) is 19.5. The number of aryl methyl sites for hydroxylation is 1. The fraction of sp³-hybridized carbons (Fsp3) is 0.520. The van der Waals surface area contributed by atoms with Crippen molar-refractivity contribution < 1.29 is 9.53 Å². The molecule has 0 spiro atoms. The van der Waals surface area contributed by atoms with Crippen molar-refractivity contribution in [3.05, 3.63) is 45.8 Å². The first-order chi connectivity index (χ1) is 15.2. The maximum atomic E-state index is 13.2. The molecule has 0 N–H and O–H groups in total. The lowest BCUT2D eigenvalue weighted by molar-refractivity contribution is -0.117. The van der Waals surface area contributed by atoms with Crippen molar-refractivity contribution in [2.45, 2.75) is 44.9 Å². The van der Waals surface area contributed by atoms with Gasteiger partial charge in [0.05, 0.1) is 12.8 Å². The van der Waals surface area contributed by atoms with Gasteiger partial charge in [-0.1, -0.05) is 6.42 Å². The quantitative estimate of drug-likeness (QED) is 0.700. The highest BCUT2D eigenvalue weighted by Gasteiger charge is 2.32. The molecule has 5 nitrogen and oxygen atoms in total. The van der Waals surface area contributed by atoms with Gasteiger partial charge in [-0.05, 0) is 81.4 Å². The molecule has 1 aliphatic carbocycles. The van der Waals surface area contributed by atoms with Gasteiger partial charge in [0.1, 0.15) is 17.3 Å². The van der Waals surface area contributed by atoms with Crippen molar-refractivity contribution >= 4 is 28.0 Å². The average Bonchev–Trinajstić information content (AvgIpc) is 3.13. The molecule has 164 valence electrons. The third-order valence-electron chi connectivity index (χ3n) is 6.76. The average molecular weight is 438 g/mol. The summed E-state index contributed by atoms with van der Waals surface area (Å²) in [5.74, 6) is 0.963. The van der Waals surface area contributed by atoms with Gasteiger partial charge in [-0.25, -0.2) is 0 Å². The van der Waals surface area contributed by atoms with Gasteiger partial charge in [0.25, 0.3) is 0 Å². The van der Waals surface area contributed by atoms with E-state index in [-0.39, 0.29) is 12.5 Å². The Balaban J connectivity index is 1.52. The Morgan fingerprint density at radius 1 is 1.00 bits per heavy atom. The molecule has 0 bridgehead atoms. The van der Waals surface area contributed by atoms with Crippen LogP contribution in [-0.2, 0) is 17.6 Å². The van der Waals surface area contributed by atoms with E-state index >= 15 is 0 Å². The summed E-state index contributed by atoms with van der Waals surface area (Å²) >= 11 is 1.84. The Hall–Kier alpha value is -2.18. The molecule has 1 aromatic carbocycles.